The van der Waals surface area contributed by atoms with E-state index >= 15 is 0 Å². The van der Waals surface area contributed by atoms with Gasteiger partial charge in [0.2, 0.25) is 11.8 Å². The predicted octanol–water partition coefficient (Wildman–Crippen LogP) is 4.54. The molecule has 1 heterocycles. The summed E-state index contributed by atoms with van der Waals surface area (Å²) in [7, 11) is 0. The Morgan fingerprint density at radius 1 is 1.00 bits per heavy atom. The van der Waals surface area contributed by atoms with Crippen molar-refractivity contribution in [1.82, 2.24) is 9.80 Å². The summed E-state index contributed by atoms with van der Waals surface area (Å²) < 4.78 is 38.2. The molecule has 8 heteroatoms. The second kappa shape index (κ2) is 10.8. The zero-order chi connectivity index (χ0) is 24.0. The number of nitrogens with zero attached hydrogens (tertiary/aromatic N) is 2. The molecule has 1 N–H and O–H groups in total. The first kappa shape index (κ1) is 24.8. The lowest BCUT2D eigenvalue weighted by Crippen LogP contribution is -2.50. The van der Waals surface area contributed by atoms with E-state index in [1.807, 2.05) is 43.0 Å². The molecule has 1 fully saturated rings. The van der Waals surface area contributed by atoms with Crippen LogP contribution >= 0.6 is 0 Å². The van der Waals surface area contributed by atoms with Crippen molar-refractivity contribution in [2.45, 2.75) is 38.8 Å². The number of rotatable bonds is 7. The van der Waals surface area contributed by atoms with Crippen LogP contribution in [0.2, 0.25) is 0 Å². The van der Waals surface area contributed by atoms with Gasteiger partial charge in [-0.15, -0.1) is 0 Å². The Kier molecular flexibility index (Phi) is 8.13. The van der Waals surface area contributed by atoms with Crippen molar-refractivity contribution in [2.24, 2.45) is 0 Å². The van der Waals surface area contributed by atoms with Crippen LogP contribution in [0.5, 0.6) is 0 Å². The first-order valence-corrected chi connectivity index (χ1v) is 11.2. The summed E-state index contributed by atoms with van der Waals surface area (Å²) in [5.74, 6) is -0.280. The molecular formula is C25H30F3N3O2. The van der Waals surface area contributed by atoms with E-state index < -0.39 is 11.7 Å². The average Bonchev–Trinajstić information content (AvgIpc) is 2.79. The first-order chi connectivity index (χ1) is 15.7. The molecule has 0 saturated carbocycles. The maximum Gasteiger partial charge on any atom is 0.416 e. The van der Waals surface area contributed by atoms with Gasteiger partial charge in [-0.3, -0.25) is 14.5 Å². The molecule has 33 heavy (non-hydrogen) atoms. The molecule has 0 bridgehead atoms. The fourth-order valence-electron chi connectivity index (χ4n) is 4.01. The molecule has 1 atom stereocenters. The van der Waals surface area contributed by atoms with Gasteiger partial charge >= 0.3 is 6.18 Å². The van der Waals surface area contributed by atoms with Crippen LogP contribution in [-0.4, -0.2) is 54.3 Å². The van der Waals surface area contributed by atoms with E-state index in [9.17, 15) is 22.8 Å². The highest BCUT2D eigenvalue weighted by Crippen LogP contribution is 2.30. The largest absolute Gasteiger partial charge is 0.416 e. The minimum atomic E-state index is -4.37. The van der Waals surface area contributed by atoms with E-state index in [1.54, 1.807) is 4.90 Å². The number of halogens is 3. The molecule has 178 valence electrons. The molecule has 2 amide bonds. The van der Waals surface area contributed by atoms with Gasteiger partial charge in [-0.2, -0.15) is 13.2 Å². The summed E-state index contributed by atoms with van der Waals surface area (Å²) in [6, 6.07) is 12.7. The van der Waals surface area contributed by atoms with E-state index in [2.05, 4.69) is 5.32 Å². The van der Waals surface area contributed by atoms with Gasteiger partial charge in [0.05, 0.1) is 12.1 Å². The van der Waals surface area contributed by atoms with Crippen LogP contribution in [0.25, 0.3) is 0 Å². The summed E-state index contributed by atoms with van der Waals surface area (Å²) in [4.78, 5) is 28.9. The minimum Gasteiger partial charge on any atom is -0.340 e. The summed E-state index contributed by atoms with van der Waals surface area (Å²) >= 11 is 0. The van der Waals surface area contributed by atoms with Gasteiger partial charge in [0, 0.05) is 38.3 Å². The number of hydrogen-bond donors (Lipinski definition) is 1. The van der Waals surface area contributed by atoms with E-state index in [1.165, 1.54) is 12.1 Å². The number of para-hydroxylation sites is 1. The topological polar surface area (TPSA) is 52.7 Å². The molecule has 0 radical (unpaired) electrons. The first-order valence-electron chi connectivity index (χ1n) is 11.2. The van der Waals surface area contributed by atoms with Gasteiger partial charge < -0.3 is 10.2 Å². The monoisotopic (exact) mass is 461 g/mol. The number of hydrogen-bond acceptors (Lipinski definition) is 3. The van der Waals surface area contributed by atoms with Gasteiger partial charge in [-0.1, -0.05) is 44.2 Å². The quantitative estimate of drug-likeness (QED) is 0.659. The Morgan fingerprint density at radius 2 is 1.64 bits per heavy atom. The Hall–Kier alpha value is -2.87. The lowest BCUT2D eigenvalue weighted by Gasteiger charge is -2.35. The van der Waals surface area contributed by atoms with Crippen LogP contribution in [0.3, 0.4) is 0 Å². The van der Waals surface area contributed by atoms with Crippen LogP contribution in [0.4, 0.5) is 18.9 Å². The zero-order valence-corrected chi connectivity index (χ0v) is 19.0. The zero-order valence-electron chi connectivity index (χ0n) is 19.0. The fourth-order valence-corrected chi connectivity index (χ4v) is 4.01. The lowest BCUT2D eigenvalue weighted by molar-refractivity contribution is -0.137. The number of carbonyl (C=O) groups excluding carboxylic acids is 2. The Balaban J connectivity index is 1.45. The Bertz CT molecular complexity index is 952. The second-order valence-electron chi connectivity index (χ2n) is 8.44. The third kappa shape index (κ3) is 6.81. The molecule has 0 spiro atoms. The molecule has 2 aromatic carbocycles. The summed E-state index contributed by atoms with van der Waals surface area (Å²) in [5.41, 5.74) is 1.93. The van der Waals surface area contributed by atoms with Gasteiger partial charge in [0.15, 0.2) is 0 Å². The maximum atomic E-state index is 12.7. The maximum absolute atomic E-state index is 12.7. The van der Waals surface area contributed by atoms with Crippen molar-refractivity contribution < 1.29 is 22.8 Å². The number of piperazine rings is 1. The van der Waals surface area contributed by atoms with E-state index in [4.69, 9.17) is 0 Å². The Labute approximate surface area is 192 Å². The van der Waals surface area contributed by atoms with E-state index in [0.717, 1.165) is 29.8 Å². The van der Waals surface area contributed by atoms with Crippen LogP contribution in [-0.2, 0) is 22.2 Å². The number of benzene rings is 2. The third-order valence-electron chi connectivity index (χ3n) is 6.05. The molecule has 1 aliphatic heterocycles. The van der Waals surface area contributed by atoms with Crippen molar-refractivity contribution in [2.75, 3.05) is 38.0 Å². The molecular weight excluding hydrogens is 431 g/mol. The number of carbonyl (C=O) groups is 2. The number of alkyl halides is 3. The molecule has 0 aromatic heterocycles. The minimum absolute atomic E-state index is 0.0247. The summed E-state index contributed by atoms with van der Waals surface area (Å²) in [5, 5.41) is 2.97. The SMILES string of the molecule is CCc1ccccc1NC(=O)CN1CCN(C(=O)CC(C)c2ccc(C(F)(F)F)cc2)CC1. The van der Waals surface area contributed by atoms with Crippen LogP contribution in [0.15, 0.2) is 48.5 Å². The van der Waals surface area contributed by atoms with Gasteiger partial charge in [-0.05, 0) is 41.7 Å². The van der Waals surface area contributed by atoms with Crippen molar-refractivity contribution in [3.8, 4) is 0 Å². The average molecular weight is 462 g/mol. The molecule has 0 aliphatic carbocycles. The van der Waals surface area contributed by atoms with Crippen LogP contribution in [0, 0.1) is 0 Å². The van der Waals surface area contributed by atoms with Gasteiger partial charge in [0.1, 0.15) is 0 Å². The van der Waals surface area contributed by atoms with Gasteiger partial charge in [0.25, 0.3) is 0 Å². The number of nitrogens with one attached hydrogen (secondary N) is 1. The summed E-state index contributed by atoms with van der Waals surface area (Å²) in [6.07, 6.45) is -3.30. The van der Waals surface area contributed by atoms with Crippen molar-refractivity contribution in [1.29, 1.82) is 0 Å². The lowest BCUT2D eigenvalue weighted by atomic mass is 9.96. The van der Waals surface area contributed by atoms with Gasteiger partial charge in [-0.25, -0.2) is 0 Å². The number of anilines is 1. The molecule has 2 aromatic rings. The highest BCUT2D eigenvalue weighted by atomic mass is 19.4. The van der Waals surface area contributed by atoms with E-state index in [-0.39, 0.29) is 30.7 Å². The normalized spacial score (nSPS) is 15.8. The second-order valence-corrected chi connectivity index (χ2v) is 8.44. The summed E-state index contributed by atoms with van der Waals surface area (Å²) in [6.45, 7) is 6.40. The molecule has 1 saturated heterocycles. The van der Waals surface area contributed by atoms with Crippen molar-refractivity contribution >= 4 is 17.5 Å². The molecule has 5 nitrogen and oxygen atoms in total. The third-order valence-corrected chi connectivity index (χ3v) is 6.05. The highest BCUT2D eigenvalue weighted by molar-refractivity contribution is 5.93. The van der Waals surface area contributed by atoms with Crippen LogP contribution in [0.1, 0.15) is 42.9 Å². The molecule has 1 unspecified atom stereocenters. The number of amides is 2. The predicted molar refractivity (Wildman–Crippen MR) is 122 cm³/mol. The molecule has 1 aliphatic rings. The van der Waals surface area contributed by atoms with E-state index in [0.29, 0.717) is 31.7 Å². The highest BCUT2D eigenvalue weighted by Gasteiger charge is 2.30. The molecule has 3 rings (SSSR count). The Morgan fingerprint density at radius 3 is 2.24 bits per heavy atom. The van der Waals surface area contributed by atoms with Crippen molar-refractivity contribution in [3.05, 3.63) is 65.2 Å². The van der Waals surface area contributed by atoms with Crippen LogP contribution < -0.4 is 5.32 Å². The number of aryl methyl sites for hydroxylation is 1. The fraction of sp³-hybridized carbons (Fsp3) is 0.440. The van der Waals surface area contributed by atoms with Crippen molar-refractivity contribution in [3.63, 3.8) is 0 Å². The smallest absolute Gasteiger partial charge is 0.340 e. The standard InChI is InChI=1S/C25H30F3N3O2/c1-3-19-6-4-5-7-22(19)29-23(32)17-30-12-14-31(15-13-30)24(33)16-18(2)20-8-10-21(11-9-20)25(26,27)28/h4-11,18H,3,12-17H2,1-2H3,(H,29,32).